The molecule has 1 aliphatic rings. The molecule has 0 heterocycles. The van der Waals surface area contributed by atoms with Gasteiger partial charge in [-0.15, -0.1) is 0 Å². The molecule has 0 unspecified atom stereocenters. The van der Waals surface area contributed by atoms with Gasteiger partial charge in [0.2, 0.25) is 5.91 Å². The molecule has 0 fully saturated rings. The molecule has 4 heteroatoms. The molecule has 0 saturated carbocycles. The molecule has 2 N–H and O–H groups in total. The number of carbonyl (C=O) groups excluding carboxylic acids is 1. The summed E-state index contributed by atoms with van der Waals surface area (Å²) in [7, 11) is 0. The van der Waals surface area contributed by atoms with Gasteiger partial charge in [-0.1, -0.05) is 47.5 Å². The van der Waals surface area contributed by atoms with Gasteiger partial charge < -0.3 is 10.4 Å². The average Bonchev–Trinajstić information content (AvgIpc) is 2.57. The summed E-state index contributed by atoms with van der Waals surface area (Å²) < 4.78 is 0. The summed E-state index contributed by atoms with van der Waals surface area (Å²) in [6.45, 7) is 3.93. The van der Waals surface area contributed by atoms with Gasteiger partial charge in [0.05, 0.1) is 11.8 Å². The van der Waals surface area contributed by atoms with Crippen molar-refractivity contribution in [3.8, 4) is 0 Å². The Labute approximate surface area is 141 Å². The molecule has 1 aliphatic carbocycles. The van der Waals surface area contributed by atoms with Gasteiger partial charge in [-0.05, 0) is 38.1 Å². The molecule has 0 saturated heterocycles. The number of rotatable bonds is 3. The quantitative estimate of drug-likeness (QED) is 0.831. The van der Waals surface area contributed by atoms with Crippen LogP contribution >= 0.6 is 0 Å². The molecule has 124 valence electrons. The van der Waals surface area contributed by atoms with Gasteiger partial charge in [0.15, 0.2) is 0 Å². The van der Waals surface area contributed by atoms with Gasteiger partial charge in [-0.2, -0.15) is 0 Å². The number of carbonyl (C=O) groups is 2. The summed E-state index contributed by atoms with van der Waals surface area (Å²) >= 11 is 0. The molecule has 2 aromatic rings. The zero-order valence-corrected chi connectivity index (χ0v) is 13.9. The molecule has 4 nitrogen and oxygen atoms in total. The van der Waals surface area contributed by atoms with E-state index >= 15 is 0 Å². The van der Waals surface area contributed by atoms with E-state index in [9.17, 15) is 14.7 Å². The van der Waals surface area contributed by atoms with Gasteiger partial charge in [-0.3, -0.25) is 9.59 Å². The highest BCUT2D eigenvalue weighted by Gasteiger charge is 2.37. The van der Waals surface area contributed by atoms with Crippen LogP contribution < -0.4 is 5.32 Å². The van der Waals surface area contributed by atoms with E-state index in [1.807, 2.05) is 56.3 Å². The Morgan fingerprint density at radius 1 is 0.958 bits per heavy atom. The third-order valence-electron chi connectivity index (χ3n) is 4.97. The number of benzene rings is 2. The number of anilines is 1. The van der Waals surface area contributed by atoms with E-state index in [1.165, 1.54) is 0 Å². The highest BCUT2D eigenvalue weighted by molar-refractivity contribution is 6.03. The van der Waals surface area contributed by atoms with Crippen LogP contribution in [0.5, 0.6) is 0 Å². The normalized spacial score (nSPS) is 20.9. The average molecular weight is 323 g/mol. The lowest BCUT2D eigenvalue weighted by Gasteiger charge is -2.29. The van der Waals surface area contributed by atoms with E-state index in [0.29, 0.717) is 12.8 Å². The molecule has 0 spiro atoms. The lowest BCUT2D eigenvalue weighted by atomic mass is 9.76. The van der Waals surface area contributed by atoms with Crippen molar-refractivity contribution >= 4 is 28.3 Å². The van der Waals surface area contributed by atoms with Crippen molar-refractivity contribution < 1.29 is 14.7 Å². The van der Waals surface area contributed by atoms with Crippen LogP contribution in [0.15, 0.2) is 53.6 Å². The number of carboxylic acids is 1. The molecule has 0 aromatic heterocycles. The number of allylic oxidation sites excluding steroid dienone is 2. The van der Waals surface area contributed by atoms with E-state index in [0.717, 1.165) is 27.6 Å². The van der Waals surface area contributed by atoms with Crippen LogP contribution in [0.3, 0.4) is 0 Å². The summed E-state index contributed by atoms with van der Waals surface area (Å²) in [5.74, 6) is -2.32. The van der Waals surface area contributed by atoms with Crippen LogP contribution in [0.25, 0.3) is 10.8 Å². The fraction of sp³-hybridized carbons (Fsp3) is 0.300. The SMILES string of the molecule is CC1=C(C)C[C@@H](C(=O)O)[C@@H](C(=O)Nc2cccc3ccccc23)C1. The minimum absolute atomic E-state index is 0.217. The summed E-state index contributed by atoms with van der Waals surface area (Å²) in [6, 6.07) is 13.6. The van der Waals surface area contributed by atoms with Crippen molar-refractivity contribution in [2.75, 3.05) is 5.32 Å². The molecule has 0 bridgehead atoms. The Morgan fingerprint density at radius 3 is 2.29 bits per heavy atom. The Morgan fingerprint density at radius 2 is 1.58 bits per heavy atom. The van der Waals surface area contributed by atoms with E-state index in [4.69, 9.17) is 0 Å². The van der Waals surface area contributed by atoms with Crippen LogP contribution in [0.4, 0.5) is 5.69 Å². The van der Waals surface area contributed by atoms with Crippen molar-refractivity contribution in [2.24, 2.45) is 11.8 Å². The number of fused-ring (bicyclic) bond motifs is 1. The molecular formula is C20H21NO3. The number of amides is 1. The molecule has 2 atom stereocenters. The fourth-order valence-corrected chi connectivity index (χ4v) is 3.39. The Kier molecular flexibility index (Phi) is 4.38. The second kappa shape index (κ2) is 6.48. The van der Waals surface area contributed by atoms with Crippen molar-refractivity contribution in [1.29, 1.82) is 0 Å². The zero-order valence-electron chi connectivity index (χ0n) is 13.9. The third-order valence-corrected chi connectivity index (χ3v) is 4.97. The second-order valence-electron chi connectivity index (χ2n) is 6.54. The topological polar surface area (TPSA) is 66.4 Å². The van der Waals surface area contributed by atoms with E-state index in [2.05, 4.69) is 5.32 Å². The molecule has 1 amide bonds. The van der Waals surface area contributed by atoms with Gasteiger partial charge in [0.1, 0.15) is 0 Å². The van der Waals surface area contributed by atoms with Crippen LogP contribution in [0, 0.1) is 11.8 Å². The molecule has 0 radical (unpaired) electrons. The maximum atomic E-state index is 12.8. The lowest BCUT2D eigenvalue weighted by molar-refractivity contribution is -0.146. The highest BCUT2D eigenvalue weighted by Crippen LogP contribution is 2.35. The van der Waals surface area contributed by atoms with Gasteiger partial charge in [-0.25, -0.2) is 0 Å². The molecule has 24 heavy (non-hydrogen) atoms. The Bertz CT molecular complexity index is 832. The summed E-state index contributed by atoms with van der Waals surface area (Å²) in [5, 5.41) is 14.4. The predicted molar refractivity (Wildman–Crippen MR) is 94.8 cm³/mol. The van der Waals surface area contributed by atoms with Crippen molar-refractivity contribution in [3.05, 3.63) is 53.6 Å². The smallest absolute Gasteiger partial charge is 0.307 e. The van der Waals surface area contributed by atoms with Gasteiger partial charge in [0, 0.05) is 11.1 Å². The monoisotopic (exact) mass is 323 g/mol. The van der Waals surface area contributed by atoms with E-state index in [1.54, 1.807) is 0 Å². The summed E-state index contributed by atoms with van der Waals surface area (Å²) in [5.41, 5.74) is 2.92. The lowest BCUT2D eigenvalue weighted by Crippen LogP contribution is -2.36. The van der Waals surface area contributed by atoms with Crippen LogP contribution in [0.2, 0.25) is 0 Å². The van der Waals surface area contributed by atoms with Crippen LogP contribution in [0.1, 0.15) is 26.7 Å². The Balaban J connectivity index is 1.89. The first-order valence-corrected chi connectivity index (χ1v) is 8.14. The molecule has 3 rings (SSSR count). The summed E-state index contributed by atoms with van der Waals surface area (Å²) in [6.07, 6.45) is 0.939. The Hall–Kier alpha value is -2.62. The fourth-order valence-electron chi connectivity index (χ4n) is 3.39. The molecule has 0 aliphatic heterocycles. The molecular weight excluding hydrogens is 302 g/mol. The van der Waals surface area contributed by atoms with Crippen LogP contribution in [-0.4, -0.2) is 17.0 Å². The van der Waals surface area contributed by atoms with Crippen LogP contribution in [-0.2, 0) is 9.59 Å². The maximum Gasteiger partial charge on any atom is 0.307 e. The first kappa shape index (κ1) is 16.2. The number of carboxylic acid groups (broad SMARTS) is 1. The van der Waals surface area contributed by atoms with Crippen molar-refractivity contribution in [2.45, 2.75) is 26.7 Å². The largest absolute Gasteiger partial charge is 0.481 e. The molecule has 2 aromatic carbocycles. The second-order valence-corrected chi connectivity index (χ2v) is 6.54. The first-order valence-electron chi connectivity index (χ1n) is 8.14. The van der Waals surface area contributed by atoms with Crippen molar-refractivity contribution in [3.63, 3.8) is 0 Å². The number of hydrogen-bond donors (Lipinski definition) is 2. The van der Waals surface area contributed by atoms with E-state index in [-0.39, 0.29) is 5.91 Å². The van der Waals surface area contributed by atoms with Gasteiger partial charge >= 0.3 is 5.97 Å². The highest BCUT2D eigenvalue weighted by atomic mass is 16.4. The summed E-state index contributed by atoms with van der Waals surface area (Å²) in [4.78, 5) is 24.4. The minimum atomic E-state index is -0.903. The predicted octanol–water partition coefficient (Wildman–Crippen LogP) is 4.23. The van der Waals surface area contributed by atoms with E-state index < -0.39 is 17.8 Å². The standard InChI is InChI=1S/C20H21NO3/c1-12-10-16(17(20(23)24)11-13(12)2)19(22)21-18-9-5-7-14-6-3-4-8-15(14)18/h3-9,16-17H,10-11H2,1-2H3,(H,21,22)(H,23,24)/t16-,17+/m0/s1. The minimum Gasteiger partial charge on any atom is -0.481 e. The zero-order chi connectivity index (χ0) is 17.3. The number of nitrogens with one attached hydrogen (secondary N) is 1. The van der Waals surface area contributed by atoms with Gasteiger partial charge in [0.25, 0.3) is 0 Å². The number of aliphatic carboxylic acids is 1. The first-order chi connectivity index (χ1) is 11.5. The number of hydrogen-bond acceptors (Lipinski definition) is 2. The maximum absolute atomic E-state index is 12.8. The third kappa shape index (κ3) is 3.04. The van der Waals surface area contributed by atoms with Crippen molar-refractivity contribution in [1.82, 2.24) is 0 Å².